The van der Waals surface area contributed by atoms with Gasteiger partial charge in [0.25, 0.3) is 0 Å². The molecule has 0 saturated carbocycles. The molecule has 0 radical (unpaired) electrons. The normalized spacial score (nSPS) is 16.8. The highest BCUT2D eigenvalue weighted by atomic mass is 32.1. The first-order valence-electron chi connectivity index (χ1n) is 6.87. The van der Waals surface area contributed by atoms with Crippen LogP contribution in [0.25, 0.3) is 0 Å². The molecule has 2 rings (SSSR count). The first kappa shape index (κ1) is 14.5. The lowest BCUT2D eigenvalue weighted by atomic mass is 10.0. The van der Waals surface area contributed by atoms with Crippen molar-refractivity contribution in [1.29, 1.82) is 0 Å². The zero-order valence-electron chi connectivity index (χ0n) is 12.2. The minimum Gasteiger partial charge on any atom is -0.350 e. The van der Waals surface area contributed by atoms with Crippen LogP contribution in [0.2, 0.25) is 0 Å². The van der Waals surface area contributed by atoms with Crippen molar-refractivity contribution >= 4 is 17.2 Å². The van der Waals surface area contributed by atoms with Crippen LogP contribution in [-0.4, -0.2) is 34.4 Å². The molecule has 1 aromatic heterocycles. The van der Waals surface area contributed by atoms with Crippen molar-refractivity contribution in [3.05, 3.63) is 15.6 Å². The van der Waals surface area contributed by atoms with E-state index < -0.39 is 5.54 Å². The Kier molecular flexibility index (Phi) is 4.26. The summed E-state index contributed by atoms with van der Waals surface area (Å²) in [4.78, 5) is 20.2. The van der Waals surface area contributed by atoms with Crippen molar-refractivity contribution < 1.29 is 4.79 Å². The molecule has 1 aromatic rings. The molecule has 0 aromatic carbocycles. The standard InChI is InChI=1S/C14H23N3OS/c1-10-12(19-11(2)16-10)9-15-13(18)14(3,4)17-7-5-6-8-17/h5-9H2,1-4H3,(H,15,18). The van der Waals surface area contributed by atoms with Crippen LogP contribution in [0.1, 0.15) is 42.3 Å². The average Bonchev–Trinajstić information content (AvgIpc) is 2.96. The van der Waals surface area contributed by atoms with Gasteiger partial charge in [0.2, 0.25) is 5.91 Å². The van der Waals surface area contributed by atoms with Crippen molar-refractivity contribution in [2.75, 3.05) is 13.1 Å². The molecule has 1 amide bonds. The summed E-state index contributed by atoms with van der Waals surface area (Å²) in [5.41, 5.74) is 0.617. The van der Waals surface area contributed by atoms with Crippen LogP contribution in [0.3, 0.4) is 0 Å². The predicted octanol–water partition coefficient (Wildman–Crippen LogP) is 2.25. The summed E-state index contributed by atoms with van der Waals surface area (Å²) in [6.07, 6.45) is 2.40. The quantitative estimate of drug-likeness (QED) is 0.920. The number of rotatable bonds is 4. The van der Waals surface area contributed by atoms with Crippen LogP contribution in [0.5, 0.6) is 0 Å². The second-order valence-electron chi connectivity index (χ2n) is 5.68. The van der Waals surface area contributed by atoms with Gasteiger partial charge in [0, 0.05) is 4.88 Å². The smallest absolute Gasteiger partial charge is 0.240 e. The summed E-state index contributed by atoms with van der Waals surface area (Å²) in [6.45, 7) is 10.7. The van der Waals surface area contributed by atoms with Crippen molar-refractivity contribution in [3.8, 4) is 0 Å². The Morgan fingerprint density at radius 3 is 2.53 bits per heavy atom. The van der Waals surface area contributed by atoms with E-state index >= 15 is 0 Å². The molecule has 1 aliphatic heterocycles. The van der Waals surface area contributed by atoms with Crippen LogP contribution in [-0.2, 0) is 11.3 Å². The average molecular weight is 281 g/mol. The maximum atomic E-state index is 12.4. The summed E-state index contributed by atoms with van der Waals surface area (Å²) < 4.78 is 0. The second kappa shape index (κ2) is 5.59. The topological polar surface area (TPSA) is 45.2 Å². The lowest BCUT2D eigenvalue weighted by Crippen LogP contribution is -2.53. The van der Waals surface area contributed by atoms with Gasteiger partial charge >= 0.3 is 0 Å². The van der Waals surface area contributed by atoms with E-state index in [1.165, 1.54) is 12.8 Å². The number of hydrogen-bond acceptors (Lipinski definition) is 4. The zero-order valence-corrected chi connectivity index (χ0v) is 13.1. The Morgan fingerprint density at radius 1 is 1.37 bits per heavy atom. The molecule has 0 spiro atoms. The highest BCUT2D eigenvalue weighted by Gasteiger charge is 2.35. The number of hydrogen-bond donors (Lipinski definition) is 1. The number of amides is 1. The molecule has 2 heterocycles. The van der Waals surface area contributed by atoms with Gasteiger partial charge in [-0.1, -0.05) is 0 Å². The molecule has 1 fully saturated rings. The third-order valence-corrected chi connectivity index (χ3v) is 4.93. The van der Waals surface area contributed by atoms with Gasteiger partial charge in [-0.25, -0.2) is 4.98 Å². The zero-order chi connectivity index (χ0) is 14.0. The number of carbonyl (C=O) groups is 1. The van der Waals surface area contributed by atoms with Crippen molar-refractivity contribution in [1.82, 2.24) is 15.2 Å². The van der Waals surface area contributed by atoms with Gasteiger partial charge in [-0.3, -0.25) is 9.69 Å². The van der Waals surface area contributed by atoms with Gasteiger partial charge < -0.3 is 5.32 Å². The van der Waals surface area contributed by atoms with Crippen molar-refractivity contribution in [2.45, 2.75) is 52.6 Å². The van der Waals surface area contributed by atoms with Crippen LogP contribution in [0.4, 0.5) is 0 Å². The minimum absolute atomic E-state index is 0.111. The number of aryl methyl sites for hydroxylation is 2. The Morgan fingerprint density at radius 2 is 2.00 bits per heavy atom. The molecular formula is C14H23N3OS. The first-order valence-corrected chi connectivity index (χ1v) is 7.69. The van der Waals surface area contributed by atoms with Gasteiger partial charge in [0.15, 0.2) is 0 Å². The molecule has 5 heteroatoms. The summed E-state index contributed by atoms with van der Waals surface area (Å²) in [7, 11) is 0. The maximum Gasteiger partial charge on any atom is 0.240 e. The lowest BCUT2D eigenvalue weighted by molar-refractivity contribution is -0.131. The van der Waals surface area contributed by atoms with Crippen LogP contribution in [0, 0.1) is 13.8 Å². The Balaban J connectivity index is 1.95. The van der Waals surface area contributed by atoms with Crippen LogP contribution >= 0.6 is 11.3 Å². The Bertz CT molecular complexity index is 461. The molecule has 19 heavy (non-hydrogen) atoms. The molecule has 0 atom stereocenters. The first-order chi connectivity index (χ1) is 8.91. The van der Waals surface area contributed by atoms with E-state index in [0.717, 1.165) is 28.7 Å². The van der Waals surface area contributed by atoms with E-state index in [2.05, 4.69) is 15.2 Å². The van der Waals surface area contributed by atoms with Crippen LogP contribution < -0.4 is 5.32 Å². The molecule has 106 valence electrons. The number of thiazole rings is 1. The molecule has 1 N–H and O–H groups in total. The van der Waals surface area contributed by atoms with Gasteiger partial charge in [-0.15, -0.1) is 11.3 Å². The minimum atomic E-state index is -0.413. The highest BCUT2D eigenvalue weighted by Crippen LogP contribution is 2.22. The monoisotopic (exact) mass is 281 g/mol. The van der Waals surface area contributed by atoms with E-state index in [4.69, 9.17) is 0 Å². The van der Waals surface area contributed by atoms with Gasteiger partial charge in [0.05, 0.1) is 22.8 Å². The number of aromatic nitrogens is 1. The fourth-order valence-corrected chi connectivity index (χ4v) is 3.41. The molecular weight excluding hydrogens is 258 g/mol. The maximum absolute atomic E-state index is 12.4. The number of carbonyl (C=O) groups excluding carboxylic acids is 1. The second-order valence-corrected chi connectivity index (χ2v) is 6.97. The highest BCUT2D eigenvalue weighted by molar-refractivity contribution is 7.11. The molecule has 0 aliphatic carbocycles. The molecule has 1 saturated heterocycles. The third kappa shape index (κ3) is 3.15. The van der Waals surface area contributed by atoms with E-state index in [0.29, 0.717) is 6.54 Å². The molecule has 0 unspecified atom stereocenters. The third-order valence-electron chi connectivity index (χ3n) is 3.86. The number of nitrogens with one attached hydrogen (secondary N) is 1. The van der Waals surface area contributed by atoms with Gasteiger partial charge in [-0.2, -0.15) is 0 Å². The summed E-state index contributed by atoms with van der Waals surface area (Å²) in [5.74, 6) is 0.111. The van der Waals surface area contributed by atoms with E-state index in [-0.39, 0.29) is 5.91 Å². The van der Waals surface area contributed by atoms with E-state index in [1.54, 1.807) is 11.3 Å². The summed E-state index contributed by atoms with van der Waals surface area (Å²) in [6, 6.07) is 0. The van der Waals surface area contributed by atoms with Gasteiger partial charge in [0.1, 0.15) is 0 Å². The van der Waals surface area contributed by atoms with Crippen molar-refractivity contribution in [2.24, 2.45) is 0 Å². The lowest BCUT2D eigenvalue weighted by Gasteiger charge is -2.33. The molecule has 4 nitrogen and oxygen atoms in total. The van der Waals surface area contributed by atoms with E-state index in [1.807, 2.05) is 27.7 Å². The Labute approximate surface area is 119 Å². The molecule has 0 bridgehead atoms. The van der Waals surface area contributed by atoms with Crippen LogP contribution in [0.15, 0.2) is 0 Å². The van der Waals surface area contributed by atoms with Gasteiger partial charge in [-0.05, 0) is 53.6 Å². The SMILES string of the molecule is Cc1nc(C)c(CNC(=O)C(C)(C)N2CCCC2)s1. The number of nitrogens with zero attached hydrogens (tertiary/aromatic N) is 2. The fraction of sp³-hybridized carbons (Fsp3) is 0.714. The Hall–Kier alpha value is -0.940. The predicted molar refractivity (Wildman–Crippen MR) is 78.3 cm³/mol. The fourth-order valence-electron chi connectivity index (χ4n) is 2.53. The number of likely N-dealkylation sites (tertiary alicyclic amines) is 1. The largest absolute Gasteiger partial charge is 0.350 e. The summed E-state index contributed by atoms with van der Waals surface area (Å²) >= 11 is 1.66. The van der Waals surface area contributed by atoms with Crippen molar-refractivity contribution in [3.63, 3.8) is 0 Å². The molecule has 1 aliphatic rings. The van der Waals surface area contributed by atoms with E-state index in [9.17, 15) is 4.79 Å². The summed E-state index contributed by atoms with van der Waals surface area (Å²) in [5, 5.41) is 4.12.